The van der Waals surface area contributed by atoms with E-state index in [1.54, 1.807) is 5.32 Å². The van der Waals surface area contributed by atoms with Crippen molar-refractivity contribution >= 4 is 11.6 Å². The van der Waals surface area contributed by atoms with Gasteiger partial charge in [-0.05, 0) is 31.2 Å². The molecule has 0 aliphatic rings. The number of amides is 1. The van der Waals surface area contributed by atoms with Gasteiger partial charge in [0.05, 0.1) is 12.1 Å². The number of anilines is 1. The second-order valence-electron chi connectivity index (χ2n) is 6.87. The van der Waals surface area contributed by atoms with E-state index >= 15 is 0 Å². The molecule has 0 saturated heterocycles. The molecule has 0 atom stereocenters. The Balaban J connectivity index is 1.74. The molecule has 13 heteroatoms. The summed E-state index contributed by atoms with van der Waals surface area (Å²) < 4.78 is 94.6. The number of aromatic nitrogens is 2. The summed E-state index contributed by atoms with van der Waals surface area (Å²) >= 11 is 0. The van der Waals surface area contributed by atoms with E-state index in [2.05, 4.69) is 15.5 Å². The van der Waals surface area contributed by atoms with Gasteiger partial charge in [-0.3, -0.25) is 4.79 Å². The predicted molar refractivity (Wildman–Crippen MR) is 102 cm³/mol. The van der Waals surface area contributed by atoms with E-state index in [0.29, 0.717) is 0 Å². The molecular weight excluding hydrogens is 461 g/mol. The zero-order valence-electron chi connectivity index (χ0n) is 16.7. The molecule has 0 radical (unpaired) electrons. The van der Waals surface area contributed by atoms with Crippen LogP contribution in [-0.4, -0.2) is 28.8 Å². The van der Waals surface area contributed by atoms with E-state index in [0.717, 1.165) is 24.3 Å². The number of carbonyl (C=O) groups excluding carboxylic acids is 1. The number of carbonyl (C=O) groups is 1. The summed E-state index contributed by atoms with van der Waals surface area (Å²) in [6.45, 7) is -0.402. The number of benzene rings is 2. The van der Waals surface area contributed by atoms with Crippen molar-refractivity contribution in [2.75, 3.05) is 11.9 Å². The minimum atomic E-state index is -4.63. The fraction of sp³-hybridized carbons (Fsp3) is 0.250. The molecule has 176 valence electrons. The topological polar surface area (TPSA) is 80.0 Å². The lowest BCUT2D eigenvalue weighted by molar-refractivity contribution is -0.137. The number of hydrogen-bond acceptors (Lipinski definition) is 5. The Kier molecular flexibility index (Phi) is 6.60. The van der Waals surface area contributed by atoms with Crippen molar-refractivity contribution in [1.82, 2.24) is 15.5 Å². The van der Waals surface area contributed by atoms with Gasteiger partial charge in [0, 0.05) is 22.4 Å². The Morgan fingerprint density at radius 2 is 1.82 bits per heavy atom. The molecular formula is C20H15F7N4O2. The zero-order valence-corrected chi connectivity index (χ0v) is 16.7. The molecule has 0 aliphatic heterocycles. The van der Waals surface area contributed by atoms with E-state index in [1.165, 1.54) is 19.1 Å². The van der Waals surface area contributed by atoms with Gasteiger partial charge in [0.2, 0.25) is 11.7 Å². The average molecular weight is 476 g/mol. The van der Waals surface area contributed by atoms with Gasteiger partial charge in [-0.2, -0.15) is 31.3 Å². The second-order valence-corrected chi connectivity index (χ2v) is 6.87. The molecule has 0 saturated carbocycles. The number of nitrogens with one attached hydrogen (secondary N) is 2. The summed E-state index contributed by atoms with van der Waals surface area (Å²) in [6, 6.07) is 6.23. The Bertz CT molecular complexity index is 1160. The maximum Gasteiger partial charge on any atom is 0.416 e. The van der Waals surface area contributed by atoms with Gasteiger partial charge in [0.1, 0.15) is 12.4 Å². The largest absolute Gasteiger partial charge is 0.416 e. The maximum atomic E-state index is 14.2. The minimum absolute atomic E-state index is 0.0605. The third kappa shape index (κ3) is 6.20. The van der Waals surface area contributed by atoms with Crippen LogP contribution in [0.5, 0.6) is 0 Å². The van der Waals surface area contributed by atoms with Crippen LogP contribution in [0, 0.1) is 12.7 Å². The number of alkyl halides is 6. The lowest BCUT2D eigenvalue weighted by Gasteiger charge is -2.12. The molecule has 0 bridgehead atoms. The molecule has 0 unspecified atom stereocenters. The van der Waals surface area contributed by atoms with E-state index in [9.17, 15) is 35.5 Å². The lowest BCUT2D eigenvalue weighted by atomic mass is 10.1. The summed E-state index contributed by atoms with van der Waals surface area (Å²) in [5.41, 5.74) is -1.03. The molecule has 3 aromatic rings. The first-order chi connectivity index (χ1) is 15.3. The predicted octanol–water partition coefficient (Wildman–Crippen LogP) is 5.11. The molecule has 2 aromatic carbocycles. The van der Waals surface area contributed by atoms with Gasteiger partial charge in [-0.1, -0.05) is 17.3 Å². The smallest absolute Gasteiger partial charge is 0.376 e. The van der Waals surface area contributed by atoms with Crippen molar-refractivity contribution in [3.63, 3.8) is 0 Å². The summed E-state index contributed by atoms with van der Waals surface area (Å²) in [4.78, 5) is 15.9. The summed E-state index contributed by atoms with van der Waals surface area (Å²) in [7, 11) is 0. The van der Waals surface area contributed by atoms with Crippen LogP contribution in [0.15, 0.2) is 40.9 Å². The fourth-order valence-corrected chi connectivity index (χ4v) is 2.73. The van der Waals surface area contributed by atoms with Crippen molar-refractivity contribution < 1.29 is 40.1 Å². The van der Waals surface area contributed by atoms with Crippen LogP contribution in [0.3, 0.4) is 0 Å². The molecule has 1 aromatic heterocycles. The maximum absolute atomic E-state index is 14.2. The zero-order chi connectivity index (χ0) is 24.4. The summed E-state index contributed by atoms with van der Waals surface area (Å²) in [6.07, 6.45) is -9.18. The number of halogens is 7. The van der Waals surface area contributed by atoms with Gasteiger partial charge < -0.3 is 15.2 Å². The third-order valence-electron chi connectivity index (χ3n) is 4.40. The van der Waals surface area contributed by atoms with Crippen molar-refractivity contribution in [2.24, 2.45) is 0 Å². The minimum Gasteiger partial charge on any atom is -0.376 e. The fourth-order valence-electron chi connectivity index (χ4n) is 2.73. The van der Waals surface area contributed by atoms with Crippen LogP contribution in [0.2, 0.25) is 0 Å². The van der Waals surface area contributed by atoms with E-state index in [-0.39, 0.29) is 40.6 Å². The van der Waals surface area contributed by atoms with E-state index in [4.69, 9.17) is 4.52 Å². The standard InChI is InChI=1S/C20H15F7N4O2/c1-10-14(21)6-12(18(32)29-9-19(22,23)24)7-15(10)28-8-16-30-17(31-33-16)11-3-2-4-13(5-11)20(25,26)27/h2-7,28H,8-9H2,1H3,(H,29,32). The average Bonchev–Trinajstić information content (AvgIpc) is 3.21. The third-order valence-corrected chi connectivity index (χ3v) is 4.40. The monoisotopic (exact) mass is 476 g/mol. The Labute approximate surface area is 181 Å². The molecule has 0 aliphatic carbocycles. The van der Waals surface area contributed by atoms with Crippen molar-refractivity contribution in [3.05, 3.63) is 64.8 Å². The molecule has 33 heavy (non-hydrogen) atoms. The highest BCUT2D eigenvalue weighted by Gasteiger charge is 2.31. The Morgan fingerprint density at radius 3 is 2.48 bits per heavy atom. The summed E-state index contributed by atoms with van der Waals surface area (Å²) in [5.74, 6) is -2.14. The van der Waals surface area contributed by atoms with E-state index in [1.807, 2.05) is 0 Å². The molecule has 2 N–H and O–H groups in total. The first-order valence-electron chi connectivity index (χ1n) is 9.22. The van der Waals surface area contributed by atoms with Crippen molar-refractivity contribution in [3.8, 4) is 11.4 Å². The van der Waals surface area contributed by atoms with Crippen LogP contribution in [-0.2, 0) is 12.7 Å². The van der Waals surface area contributed by atoms with Crippen LogP contribution >= 0.6 is 0 Å². The Morgan fingerprint density at radius 1 is 1.09 bits per heavy atom. The van der Waals surface area contributed by atoms with Crippen LogP contribution in [0.4, 0.5) is 36.4 Å². The normalized spacial score (nSPS) is 12.0. The molecule has 6 nitrogen and oxygen atoms in total. The van der Waals surface area contributed by atoms with E-state index < -0.39 is 36.2 Å². The lowest BCUT2D eigenvalue weighted by Crippen LogP contribution is -2.33. The molecule has 1 amide bonds. The SMILES string of the molecule is Cc1c(F)cc(C(=O)NCC(F)(F)F)cc1NCc1nc(-c2cccc(C(F)(F)F)c2)no1. The van der Waals surface area contributed by atoms with Gasteiger partial charge in [-0.15, -0.1) is 0 Å². The van der Waals surface area contributed by atoms with Crippen LogP contribution in [0.25, 0.3) is 11.4 Å². The highest BCUT2D eigenvalue weighted by molar-refractivity contribution is 5.95. The van der Waals surface area contributed by atoms with Crippen molar-refractivity contribution in [2.45, 2.75) is 25.8 Å². The van der Waals surface area contributed by atoms with Crippen molar-refractivity contribution in [1.29, 1.82) is 0 Å². The van der Waals surface area contributed by atoms with Crippen LogP contribution in [0.1, 0.15) is 27.4 Å². The summed E-state index contributed by atoms with van der Waals surface area (Å²) in [5, 5.41) is 7.98. The first-order valence-corrected chi connectivity index (χ1v) is 9.22. The Hall–Kier alpha value is -3.64. The number of hydrogen-bond donors (Lipinski definition) is 2. The molecule has 3 rings (SSSR count). The highest BCUT2D eigenvalue weighted by Crippen LogP contribution is 2.31. The van der Waals surface area contributed by atoms with Gasteiger partial charge in [-0.25, -0.2) is 4.39 Å². The first kappa shape index (κ1) is 24.0. The van der Waals surface area contributed by atoms with Gasteiger partial charge in [0.15, 0.2) is 0 Å². The second kappa shape index (κ2) is 9.08. The number of nitrogens with zero attached hydrogens (tertiary/aromatic N) is 2. The highest BCUT2D eigenvalue weighted by atomic mass is 19.4. The molecule has 0 spiro atoms. The quantitative estimate of drug-likeness (QED) is 0.484. The molecule has 1 heterocycles. The van der Waals surface area contributed by atoms with Crippen LogP contribution < -0.4 is 10.6 Å². The van der Waals surface area contributed by atoms with Gasteiger partial charge in [0.25, 0.3) is 5.91 Å². The number of rotatable bonds is 6. The molecule has 0 fully saturated rings. The van der Waals surface area contributed by atoms with Gasteiger partial charge >= 0.3 is 12.4 Å².